The molecule has 3 amide bonds. The molecule has 0 aliphatic carbocycles. The molecule has 7 nitrogen and oxygen atoms in total. The van der Waals surface area contributed by atoms with Gasteiger partial charge in [0.25, 0.3) is 0 Å². The predicted molar refractivity (Wildman–Crippen MR) is 110 cm³/mol. The summed E-state index contributed by atoms with van der Waals surface area (Å²) in [4.78, 5) is 28.5. The number of piperidine rings is 1. The fraction of sp³-hybridized carbons (Fsp3) is 0.286. The topological polar surface area (TPSA) is 101 Å². The zero-order valence-corrected chi connectivity index (χ0v) is 16.9. The minimum atomic E-state index is -3.37. The molecule has 0 saturated carbocycles. The van der Waals surface area contributed by atoms with E-state index in [4.69, 9.17) is 5.73 Å². The Morgan fingerprint density at radius 1 is 1.10 bits per heavy atom. The van der Waals surface area contributed by atoms with Crippen molar-refractivity contribution < 1.29 is 18.0 Å². The van der Waals surface area contributed by atoms with Crippen LogP contribution in [0.4, 0.5) is 10.5 Å². The average molecular weight is 412 g/mol. The molecular formula is C21H22N3O4S. The van der Waals surface area contributed by atoms with Crippen molar-refractivity contribution in [3.05, 3.63) is 55.0 Å². The van der Waals surface area contributed by atoms with Gasteiger partial charge in [0.1, 0.15) is 5.54 Å². The van der Waals surface area contributed by atoms with Crippen LogP contribution in [0.2, 0.25) is 0 Å². The van der Waals surface area contributed by atoms with E-state index >= 15 is 0 Å². The molecule has 1 radical (unpaired) electrons. The van der Waals surface area contributed by atoms with Crippen LogP contribution in [-0.2, 0) is 14.6 Å². The number of carbonyl (C=O) groups is 2. The van der Waals surface area contributed by atoms with Crippen LogP contribution >= 0.6 is 0 Å². The lowest BCUT2D eigenvalue weighted by atomic mass is 9.87. The van der Waals surface area contributed by atoms with Crippen molar-refractivity contribution in [1.82, 2.24) is 4.90 Å². The third-order valence-electron chi connectivity index (χ3n) is 5.61. The predicted octanol–water partition coefficient (Wildman–Crippen LogP) is 2.22. The second-order valence-electron chi connectivity index (χ2n) is 7.47. The van der Waals surface area contributed by atoms with Gasteiger partial charge in [-0.05, 0) is 43.0 Å². The number of primary amides is 1. The first-order chi connectivity index (χ1) is 13.7. The summed E-state index contributed by atoms with van der Waals surface area (Å²) in [5.74, 6) is -0.522. The third kappa shape index (κ3) is 3.17. The number of hydrogen-bond acceptors (Lipinski definition) is 4. The zero-order chi connectivity index (χ0) is 20.8. The van der Waals surface area contributed by atoms with Crippen LogP contribution in [0.25, 0.3) is 11.1 Å². The molecule has 0 unspecified atom stereocenters. The normalized spacial score (nSPS) is 21.9. The number of nitrogens with zero attached hydrogens (tertiary/aromatic N) is 2. The van der Waals surface area contributed by atoms with Crippen LogP contribution in [0.3, 0.4) is 0 Å². The monoisotopic (exact) mass is 412 g/mol. The highest BCUT2D eigenvalue weighted by atomic mass is 32.2. The van der Waals surface area contributed by atoms with Crippen LogP contribution in [0.5, 0.6) is 0 Å². The van der Waals surface area contributed by atoms with Gasteiger partial charge in [0.15, 0.2) is 9.84 Å². The van der Waals surface area contributed by atoms with Crippen molar-refractivity contribution >= 4 is 27.5 Å². The number of sulfone groups is 1. The summed E-state index contributed by atoms with van der Waals surface area (Å²) in [6.45, 7) is 0.676. The summed E-state index contributed by atoms with van der Waals surface area (Å²) in [5.41, 5.74) is 6.56. The van der Waals surface area contributed by atoms with Crippen LogP contribution in [0, 0.1) is 6.42 Å². The van der Waals surface area contributed by atoms with Crippen molar-refractivity contribution in [3.8, 4) is 11.1 Å². The molecule has 2 heterocycles. The molecule has 2 aromatic rings. The van der Waals surface area contributed by atoms with Gasteiger partial charge in [-0.15, -0.1) is 0 Å². The van der Waals surface area contributed by atoms with Gasteiger partial charge in [0, 0.05) is 24.1 Å². The molecule has 2 aromatic carbocycles. The first kappa shape index (κ1) is 19.4. The van der Waals surface area contributed by atoms with E-state index in [9.17, 15) is 18.0 Å². The molecule has 4 rings (SSSR count). The van der Waals surface area contributed by atoms with Crippen molar-refractivity contribution in [2.45, 2.75) is 23.3 Å². The van der Waals surface area contributed by atoms with Crippen LogP contribution in [-0.4, -0.2) is 50.1 Å². The molecule has 29 heavy (non-hydrogen) atoms. The molecule has 0 spiro atoms. The first-order valence-electron chi connectivity index (χ1n) is 9.37. The molecule has 2 aliphatic heterocycles. The SMILES string of the molecule is CS(=O)(=O)c1ccccc1-c1ccc(N2C[C@@]3(C(N)=O)[CH]CCCN3C2=O)cc1. The number of hydrogen-bond donors (Lipinski definition) is 1. The standard InChI is InChI=1S/C21H22N3O4S/c1-29(27,28)18-7-3-2-6-17(18)15-8-10-16(11-9-15)23-14-21(19(22)25)12-4-5-13-24(21)20(23)26/h2-3,6-12H,4-5,13-14H2,1H3,(H2,22,25)/t21-/m1/s1. The van der Waals surface area contributed by atoms with E-state index in [0.717, 1.165) is 18.4 Å². The molecule has 0 aromatic heterocycles. The Kier molecular flexibility index (Phi) is 4.61. The quantitative estimate of drug-likeness (QED) is 0.832. The summed E-state index contributed by atoms with van der Waals surface area (Å²) in [6, 6.07) is 13.6. The summed E-state index contributed by atoms with van der Waals surface area (Å²) >= 11 is 0. The van der Waals surface area contributed by atoms with Gasteiger partial charge in [-0.1, -0.05) is 30.3 Å². The van der Waals surface area contributed by atoms with Crippen LogP contribution in [0.1, 0.15) is 12.8 Å². The van der Waals surface area contributed by atoms with Crippen molar-refractivity contribution in [3.63, 3.8) is 0 Å². The van der Waals surface area contributed by atoms with E-state index in [1.807, 2.05) is 6.42 Å². The number of benzene rings is 2. The Morgan fingerprint density at radius 2 is 1.79 bits per heavy atom. The maximum Gasteiger partial charge on any atom is 0.325 e. The van der Waals surface area contributed by atoms with E-state index in [2.05, 4.69) is 0 Å². The van der Waals surface area contributed by atoms with Gasteiger partial charge in [0.2, 0.25) is 5.91 Å². The average Bonchev–Trinajstić information content (AvgIpc) is 3.02. The highest BCUT2D eigenvalue weighted by Crippen LogP contribution is 2.38. The Bertz CT molecular complexity index is 1080. The number of anilines is 1. The molecule has 2 fully saturated rings. The second-order valence-corrected chi connectivity index (χ2v) is 9.45. The Morgan fingerprint density at radius 3 is 2.41 bits per heavy atom. The fourth-order valence-electron chi connectivity index (χ4n) is 4.13. The fourth-order valence-corrected chi connectivity index (χ4v) is 5.04. The molecule has 8 heteroatoms. The largest absolute Gasteiger partial charge is 0.368 e. The number of urea groups is 1. The van der Waals surface area contributed by atoms with Crippen LogP contribution < -0.4 is 10.6 Å². The van der Waals surface area contributed by atoms with Gasteiger partial charge < -0.3 is 10.6 Å². The third-order valence-corrected chi connectivity index (χ3v) is 6.77. The molecule has 151 valence electrons. The Hall–Kier alpha value is -2.87. The number of carbonyl (C=O) groups excluding carboxylic acids is 2. The summed E-state index contributed by atoms with van der Waals surface area (Å²) in [7, 11) is -3.37. The number of amides is 3. The summed E-state index contributed by atoms with van der Waals surface area (Å²) in [6.07, 6.45) is 4.56. The lowest BCUT2D eigenvalue weighted by molar-refractivity contribution is -0.126. The maximum atomic E-state index is 12.9. The Balaban J connectivity index is 1.68. The molecular weight excluding hydrogens is 390 g/mol. The van der Waals surface area contributed by atoms with E-state index in [1.54, 1.807) is 58.3 Å². The van der Waals surface area contributed by atoms with Gasteiger partial charge in [0.05, 0.1) is 11.4 Å². The highest BCUT2D eigenvalue weighted by molar-refractivity contribution is 7.90. The number of fused-ring (bicyclic) bond motifs is 1. The van der Waals surface area contributed by atoms with Crippen LogP contribution in [0.15, 0.2) is 53.4 Å². The van der Waals surface area contributed by atoms with Gasteiger partial charge in [-0.2, -0.15) is 0 Å². The van der Waals surface area contributed by atoms with Crippen molar-refractivity contribution in [2.75, 3.05) is 24.2 Å². The van der Waals surface area contributed by atoms with Crippen molar-refractivity contribution in [1.29, 1.82) is 0 Å². The van der Waals surface area contributed by atoms with E-state index < -0.39 is 21.3 Å². The molecule has 2 aliphatic rings. The smallest absolute Gasteiger partial charge is 0.325 e. The minimum absolute atomic E-state index is 0.181. The van der Waals surface area contributed by atoms with Gasteiger partial charge in [-0.3, -0.25) is 9.69 Å². The van der Waals surface area contributed by atoms with E-state index in [0.29, 0.717) is 17.8 Å². The minimum Gasteiger partial charge on any atom is -0.368 e. The molecule has 0 bridgehead atoms. The van der Waals surface area contributed by atoms with E-state index in [1.165, 1.54) is 6.26 Å². The summed E-state index contributed by atoms with van der Waals surface area (Å²) in [5, 5.41) is 0. The number of rotatable bonds is 4. The van der Waals surface area contributed by atoms with Crippen molar-refractivity contribution in [2.24, 2.45) is 5.73 Å². The molecule has 2 saturated heterocycles. The lowest BCUT2D eigenvalue weighted by Gasteiger charge is -2.37. The maximum absolute atomic E-state index is 12.9. The van der Waals surface area contributed by atoms with E-state index in [-0.39, 0.29) is 17.5 Å². The van der Waals surface area contributed by atoms with Gasteiger partial charge in [-0.25, -0.2) is 13.2 Å². The zero-order valence-electron chi connectivity index (χ0n) is 16.0. The number of nitrogens with two attached hydrogens (primary N) is 1. The molecule has 1 atom stereocenters. The Labute approximate surface area is 170 Å². The lowest BCUT2D eigenvalue weighted by Crippen LogP contribution is -2.59. The summed E-state index contributed by atoms with van der Waals surface area (Å²) < 4.78 is 24.2. The van der Waals surface area contributed by atoms with Gasteiger partial charge >= 0.3 is 6.03 Å². The molecule has 2 N–H and O–H groups in total. The highest BCUT2D eigenvalue weighted by Gasteiger charge is 2.55. The first-order valence-corrected chi connectivity index (χ1v) is 11.3. The second kappa shape index (κ2) is 6.88.